The SMILES string of the molecule is CC(C)NC[C@@H](O)CO/N=C1\C[C@@H]2[C@H](C[C@H]1C)C2(C)C. The molecule has 4 nitrogen and oxygen atoms in total. The van der Waals surface area contributed by atoms with E-state index in [9.17, 15) is 5.11 Å². The maximum Gasteiger partial charge on any atom is 0.144 e. The summed E-state index contributed by atoms with van der Waals surface area (Å²) in [5.74, 6) is 2.18. The Hall–Kier alpha value is -0.610. The van der Waals surface area contributed by atoms with Crippen molar-refractivity contribution in [2.24, 2.45) is 28.3 Å². The van der Waals surface area contributed by atoms with Crippen LogP contribution < -0.4 is 5.32 Å². The van der Waals surface area contributed by atoms with E-state index in [1.807, 2.05) is 0 Å². The molecular weight excluding hydrogens is 252 g/mol. The Bertz CT molecular complexity index is 365. The fraction of sp³-hybridized carbons (Fsp3) is 0.938. The van der Waals surface area contributed by atoms with Gasteiger partial charge in [0.1, 0.15) is 12.7 Å². The van der Waals surface area contributed by atoms with E-state index in [0.29, 0.717) is 23.9 Å². The number of nitrogens with one attached hydrogen (secondary N) is 1. The van der Waals surface area contributed by atoms with Crippen LogP contribution in [0.15, 0.2) is 5.16 Å². The van der Waals surface area contributed by atoms with Crippen molar-refractivity contribution in [2.75, 3.05) is 13.2 Å². The topological polar surface area (TPSA) is 53.8 Å². The van der Waals surface area contributed by atoms with E-state index in [1.54, 1.807) is 0 Å². The van der Waals surface area contributed by atoms with Gasteiger partial charge in [-0.25, -0.2) is 0 Å². The van der Waals surface area contributed by atoms with Crippen molar-refractivity contribution in [1.29, 1.82) is 0 Å². The molecule has 2 N–H and O–H groups in total. The molecule has 4 heteroatoms. The zero-order chi connectivity index (χ0) is 14.9. The molecule has 4 atom stereocenters. The Labute approximate surface area is 123 Å². The minimum atomic E-state index is -0.495. The van der Waals surface area contributed by atoms with E-state index in [1.165, 1.54) is 12.1 Å². The summed E-state index contributed by atoms with van der Waals surface area (Å²) in [5.41, 5.74) is 1.67. The predicted octanol–water partition coefficient (Wildman–Crippen LogP) is 2.42. The smallest absolute Gasteiger partial charge is 0.144 e. The van der Waals surface area contributed by atoms with Crippen molar-refractivity contribution in [3.8, 4) is 0 Å². The molecule has 20 heavy (non-hydrogen) atoms. The number of rotatable bonds is 6. The fourth-order valence-electron chi connectivity index (χ4n) is 3.44. The fourth-order valence-corrected chi connectivity index (χ4v) is 3.44. The summed E-state index contributed by atoms with van der Waals surface area (Å²) in [6.45, 7) is 11.9. The van der Waals surface area contributed by atoms with Crippen LogP contribution in [0.2, 0.25) is 0 Å². The van der Waals surface area contributed by atoms with Crippen molar-refractivity contribution in [3.05, 3.63) is 0 Å². The van der Waals surface area contributed by atoms with Crippen molar-refractivity contribution in [1.82, 2.24) is 5.32 Å². The molecule has 0 unspecified atom stereocenters. The molecule has 0 spiro atoms. The number of aliphatic hydroxyl groups excluding tert-OH is 1. The maximum absolute atomic E-state index is 9.78. The quantitative estimate of drug-likeness (QED) is 0.736. The van der Waals surface area contributed by atoms with Crippen LogP contribution in [0, 0.1) is 23.2 Å². The van der Waals surface area contributed by atoms with E-state index in [2.05, 4.69) is 45.1 Å². The van der Waals surface area contributed by atoms with Gasteiger partial charge >= 0.3 is 0 Å². The first-order chi connectivity index (χ1) is 9.32. The van der Waals surface area contributed by atoms with Crippen LogP contribution in [-0.2, 0) is 4.84 Å². The van der Waals surface area contributed by atoms with Crippen LogP contribution >= 0.6 is 0 Å². The van der Waals surface area contributed by atoms with Gasteiger partial charge in [0.25, 0.3) is 0 Å². The van der Waals surface area contributed by atoms with Crippen LogP contribution in [0.5, 0.6) is 0 Å². The van der Waals surface area contributed by atoms with Crippen molar-refractivity contribution < 1.29 is 9.94 Å². The highest BCUT2D eigenvalue weighted by Crippen LogP contribution is 2.65. The number of aliphatic hydroxyl groups is 1. The lowest BCUT2D eigenvalue weighted by atomic mass is 9.89. The first-order valence-electron chi connectivity index (χ1n) is 7.92. The van der Waals surface area contributed by atoms with Crippen LogP contribution in [0.4, 0.5) is 0 Å². The largest absolute Gasteiger partial charge is 0.393 e. The van der Waals surface area contributed by atoms with Gasteiger partial charge in [-0.3, -0.25) is 0 Å². The average molecular weight is 282 g/mol. The molecule has 0 aromatic heterocycles. The summed E-state index contributed by atoms with van der Waals surface area (Å²) in [6, 6.07) is 0.378. The monoisotopic (exact) mass is 282 g/mol. The second-order valence-electron chi connectivity index (χ2n) is 7.47. The lowest BCUT2D eigenvalue weighted by Gasteiger charge is -2.19. The highest BCUT2D eigenvalue weighted by Gasteiger charge is 2.60. The third-order valence-corrected chi connectivity index (χ3v) is 5.10. The number of oxime groups is 1. The number of hydrogen-bond acceptors (Lipinski definition) is 4. The number of nitrogens with zero attached hydrogens (tertiary/aromatic N) is 1. The Morgan fingerprint density at radius 1 is 1.40 bits per heavy atom. The summed E-state index contributed by atoms with van der Waals surface area (Å²) in [4.78, 5) is 5.37. The summed E-state index contributed by atoms with van der Waals surface area (Å²) in [5, 5.41) is 17.3. The van der Waals surface area contributed by atoms with Gasteiger partial charge in [0.05, 0.1) is 5.71 Å². The van der Waals surface area contributed by atoms with Gasteiger partial charge < -0.3 is 15.3 Å². The van der Waals surface area contributed by atoms with Crippen LogP contribution in [0.25, 0.3) is 0 Å². The van der Waals surface area contributed by atoms with Gasteiger partial charge in [0.2, 0.25) is 0 Å². The Balaban J connectivity index is 1.74. The molecule has 2 aliphatic rings. The molecule has 0 aromatic carbocycles. The zero-order valence-corrected chi connectivity index (χ0v) is 13.5. The summed E-state index contributed by atoms with van der Waals surface area (Å²) >= 11 is 0. The molecule has 0 aliphatic heterocycles. The normalized spacial score (nSPS) is 35.0. The average Bonchev–Trinajstić information content (AvgIpc) is 2.88. The second-order valence-corrected chi connectivity index (χ2v) is 7.47. The van der Waals surface area contributed by atoms with Gasteiger partial charge in [0, 0.05) is 12.6 Å². The predicted molar refractivity (Wildman–Crippen MR) is 81.7 cm³/mol. The molecule has 0 bridgehead atoms. The van der Waals surface area contributed by atoms with Gasteiger partial charge in [-0.1, -0.05) is 39.8 Å². The second kappa shape index (κ2) is 6.02. The highest BCUT2D eigenvalue weighted by molar-refractivity contribution is 5.87. The third-order valence-electron chi connectivity index (χ3n) is 5.10. The molecule has 2 aliphatic carbocycles. The molecule has 0 saturated heterocycles. The first kappa shape index (κ1) is 15.8. The van der Waals surface area contributed by atoms with Gasteiger partial charge in [-0.15, -0.1) is 0 Å². The van der Waals surface area contributed by atoms with Gasteiger partial charge in [-0.2, -0.15) is 0 Å². The lowest BCUT2D eigenvalue weighted by Crippen LogP contribution is -2.34. The molecule has 0 heterocycles. The van der Waals surface area contributed by atoms with Crippen molar-refractivity contribution in [3.63, 3.8) is 0 Å². The lowest BCUT2D eigenvalue weighted by molar-refractivity contribution is 0.0382. The summed E-state index contributed by atoms with van der Waals surface area (Å²) < 4.78 is 0. The van der Waals surface area contributed by atoms with E-state index in [-0.39, 0.29) is 6.61 Å². The van der Waals surface area contributed by atoms with Crippen molar-refractivity contribution in [2.45, 2.75) is 59.6 Å². The van der Waals surface area contributed by atoms with E-state index in [4.69, 9.17) is 4.84 Å². The standard InChI is InChI=1S/C16H30N2O2/c1-10(2)17-8-12(19)9-20-18-15-7-14-13(6-11(15)3)16(14,4)5/h10-14,17,19H,6-9H2,1-5H3/b18-15+/t11-,12-,13+,14-/m1/s1. The highest BCUT2D eigenvalue weighted by atomic mass is 16.6. The van der Waals surface area contributed by atoms with Crippen LogP contribution in [0.3, 0.4) is 0 Å². The summed E-state index contributed by atoms with van der Waals surface area (Å²) in [6.07, 6.45) is 1.81. The van der Waals surface area contributed by atoms with E-state index in [0.717, 1.165) is 18.3 Å². The van der Waals surface area contributed by atoms with Crippen LogP contribution in [-0.4, -0.2) is 36.1 Å². The number of hydrogen-bond donors (Lipinski definition) is 2. The van der Waals surface area contributed by atoms with Gasteiger partial charge in [-0.05, 0) is 36.0 Å². The Morgan fingerprint density at radius 2 is 2.10 bits per heavy atom. The Kier molecular flexibility index (Phi) is 4.75. The third kappa shape index (κ3) is 3.53. The molecule has 0 amide bonds. The van der Waals surface area contributed by atoms with Gasteiger partial charge in [0.15, 0.2) is 0 Å². The minimum absolute atomic E-state index is 0.271. The number of fused-ring (bicyclic) bond motifs is 1. The van der Waals surface area contributed by atoms with E-state index >= 15 is 0 Å². The minimum Gasteiger partial charge on any atom is -0.393 e. The molecule has 2 fully saturated rings. The van der Waals surface area contributed by atoms with Crippen LogP contribution in [0.1, 0.15) is 47.5 Å². The molecule has 2 rings (SSSR count). The first-order valence-corrected chi connectivity index (χ1v) is 7.92. The van der Waals surface area contributed by atoms with E-state index < -0.39 is 6.10 Å². The molecule has 0 aromatic rings. The molecule has 2 saturated carbocycles. The molecule has 0 radical (unpaired) electrons. The summed E-state index contributed by atoms with van der Waals surface area (Å²) in [7, 11) is 0. The Morgan fingerprint density at radius 3 is 2.75 bits per heavy atom. The molecular formula is C16H30N2O2. The van der Waals surface area contributed by atoms with Crippen molar-refractivity contribution >= 4 is 5.71 Å². The zero-order valence-electron chi connectivity index (χ0n) is 13.5. The molecule has 116 valence electrons. The maximum atomic E-state index is 9.78.